The van der Waals surface area contributed by atoms with Crippen LogP contribution in [0.3, 0.4) is 0 Å². The lowest BCUT2D eigenvalue weighted by Gasteiger charge is -2.15. The topological polar surface area (TPSA) is 65.0 Å². The summed E-state index contributed by atoms with van der Waals surface area (Å²) in [6, 6.07) is 45.8. The Labute approximate surface area is 275 Å². The highest BCUT2D eigenvalue weighted by atomic mass is 16.3. The first-order valence-electron chi connectivity index (χ1n) is 16.2. The third-order valence-corrected chi connectivity index (χ3v) is 9.46. The molecule has 0 fully saturated rings. The molecule has 0 radical (unpaired) electrons. The molecule has 0 unspecified atom stereocenters. The van der Waals surface area contributed by atoms with Crippen molar-refractivity contribution in [1.29, 1.82) is 0 Å². The molecular formula is C43H27N3O2. The van der Waals surface area contributed by atoms with Crippen LogP contribution in [0.1, 0.15) is 23.6 Å². The molecule has 6 aromatic carbocycles. The Balaban J connectivity index is 1.22. The van der Waals surface area contributed by atoms with Crippen molar-refractivity contribution in [2.75, 3.05) is 0 Å². The third-order valence-electron chi connectivity index (χ3n) is 9.46. The number of hydrogen-bond donors (Lipinski definition) is 0. The number of nitrogens with zero attached hydrogens (tertiary/aromatic N) is 3. The lowest BCUT2D eigenvalue weighted by molar-refractivity contribution is 0.596. The van der Waals surface area contributed by atoms with Gasteiger partial charge in [-0.3, -0.25) is 0 Å². The number of hydrogen-bond acceptors (Lipinski definition) is 5. The van der Waals surface area contributed by atoms with E-state index in [0.717, 1.165) is 79.3 Å². The van der Waals surface area contributed by atoms with E-state index >= 15 is 0 Å². The third kappa shape index (κ3) is 4.28. The van der Waals surface area contributed by atoms with Crippen molar-refractivity contribution in [3.63, 3.8) is 0 Å². The van der Waals surface area contributed by atoms with Gasteiger partial charge in [0, 0.05) is 44.0 Å². The van der Waals surface area contributed by atoms with Gasteiger partial charge in [-0.05, 0) is 65.6 Å². The molecule has 0 saturated heterocycles. The van der Waals surface area contributed by atoms with E-state index in [9.17, 15) is 0 Å². The monoisotopic (exact) mass is 617 g/mol. The van der Waals surface area contributed by atoms with Gasteiger partial charge in [-0.1, -0.05) is 103 Å². The average Bonchev–Trinajstić information content (AvgIpc) is 3.73. The van der Waals surface area contributed by atoms with Gasteiger partial charge in [-0.15, -0.1) is 0 Å². The van der Waals surface area contributed by atoms with E-state index in [4.69, 9.17) is 23.8 Å². The summed E-state index contributed by atoms with van der Waals surface area (Å²) in [5, 5.41) is 5.50. The van der Waals surface area contributed by atoms with Crippen molar-refractivity contribution in [3.05, 3.63) is 151 Å². The second kappa shape index (κ2) is 10.6. The predicted octanol–water partition coefficient (Wildman–Crippen LogP) is 11.2. The zero-order valence-corrected chi connectivity index (χ0v) is 25.9. The second-order valence-corrected chi connectivity index (χ2v) is 12.3. The van der Waals surface area contributed by atoms with Crippen LogP contribution in [0.5, 0.6) is 0 Å². The van der Waals surface area contributed by atoms with Crippen molar-refractivity contribution >= 4 is 55.3 Å². The summed E-state index contributed by atoms with van der Waals surface area (Å²) in [6.07, 6.45) is 3.77. The Morgan fingerprint density at radius 1 is 0.479 bits per heavy atom. The maximum Gasteiger partial charge on any atom is 0.164 e. The molecule has 0 amide bonds. The van der Waals surface area contributed by atoms with Gasteiger partial charge >= 0.3 is 0 Å². The number of rotatable bonds is 4. The molecule has 10 rings (SSSR count). The highest BCUT2D eigenvalue weighted by Crippen LogP contribution is 2.42. The number of furan rings is 2. The zero-order chi connectivity index (χ0) is 31.6. The molecule has 5 nitrogen and oxygen atoms in total. The fraction of sp³-hybridized carbons (Fsp3) is 0.0465. The molecular weight excluding hydrogens is 590 g/mol. The van der Waals surface area contributed by atoms with E-state index in [0.29, 0.717) is 17.5 Å². The van der Waals surface area contributed by atoms with Crippen molar-refractivity contribution in [1.82, 2.24) is 15.0 Å². The number of aromatic nitrogens is 3. The smallest absolute Gasteiger partial charge is 0.164 e. The van der Waals surface area contributed by atoms with Gasteiger partial charge in [0.2, 0.25) is 0 Å². The van der Waals surface area contributed by atoms with Crippen LogP contribution in [0.15, 0.2) is 142 Å². The number of allylic oxidation sites excluding steroid dienone is 1. The van der Waals surface area contributed by atoms with Crippen LogP contribution in [-0.2, 0) is 6.42 Å². The first-order valence-corrected chi connectivity index (χ1v) is 16.2. The minimum absolute atomic E-state index is 0.607. The van der Waals surface area contributed by atoms with E-state index in [2.05, 4.69) is 103 Å². The van der Waals surface area contributed by atoms with E-state index in [1.165, 1.54) is 16.3 Å². The molecule has 48 heavy (non-hydrogen) atoms. The van der Waals surface area contributed by atoms with E-state index < -0.39 is 0 Å². The van der Waals surface area contributed by atoms with Gasteiger partial charge in [-0.2, -0.15) is 0 Å². The highest BCUT2D eigenvalue weighted by Gasteiger charge is 2.24. The predicted molar refractivity (Wildman–Crippen MR) is 193 cm³/mol. The zero-order valence-electron chi connectivity index (χ0n) is 25.9. The molecule has 1 aliphatic carbocycles. The van der Waals surface area contributed by atoms with Gasteiger partial charge in [0.05, 0.1) is 0 Å². The van der Waals surface area contributed by atoms with Gasteiger partial charge in [0.15, 0.2) is 17.5 Å². The number of para-hydroxylation sites is 2. The fourth-order valence-corrected chi connectivity index (χ4v) is 7.12. The van der Waals surface area contributed by atoms with Crippen LogP contribution in [-0.4, -0.2) is 15.0 Å². The molecule has 0 atom stereocenters. The SMILES string of the molecule is C1=C(c2nc(-c3ccc4ccccc4c3)nc(-c3ccc(-c4ccccc4)c4oc5ccccc5c34)n2)CCc2c1oc1ccccc21. The number of benzene rings is 6. The number of aryl methyl sites for hydroxylation is 1. The first-order chi connectivity index (χ1) is 23.8. The molecule has 0 N–H and O–H groups in total. The van der Waals surface area contributed by atoms with Crippen LogP contribution in [0.2, 0.25) is 0 Å². The lowest BCUT2D eigenvalue weighted by atomic mass is 9.94. The van der Waals surface area contributed by atoms with E-state index in [-0.39, 0.29) is 0 Å². The maximum atomic E-state index is 6.58. The van der Waals surface area contributed by atoms with Crippen LogP contribution in [0.25, 0.3) is 89.2 Å². The molecule has 0 bridgehead atoms. The molecule has 5 heteroatoms. The number of fused-ring (bicyclic) bond motifs is 7. The Kier molecular flexibility index (Phi) is 5.93. The maximum absolute atomic E-state index is 6.58. The van der Waals surface area contributed by atoms with Gasteiger partial charge in [0.1, 0.15) is 22.5 Å². The molecule has 0 spiro atoms. The van der Waals surface area contributed by atoms with E-state index in [1.807, 2.05) is 36.4 Å². The molecule has 3 aromatic heterocycles. The average molecular weight is 618 g/mol. The van der Waals surface area contributed by atoms with Crippen molar-refractivity contribution in [3.8, 4) is 33.9 Å². The Bertz CT molecular complexity index is 2740. The van der Waals surface area contributed by atoms with Gasteiger partial charge in [0.25, 0.3) is 0 Å². The van der Waals surface area contributed by atoms with Crippen LogP contribution in [0, 0.1) is 0 Å². The molecule has 0 aliphatic heterocycles. The quantitative estimate of drug-likeness (QED) is 0.197. The second-order valence-electron chi connectivity index (χ2n) is 12.3. The molecule has 3 heterocycles. The van der Waals surface area contributed by atoms with Gasteiger partial charge in [-0.25, -0.2) is 15.0 Å². The molecule has 1 aliphatic rings. The van der Waals surface area contributed by atoms with Gasteiger partial charge < -0.3 is 8.83 Å². The Morgan fingerprint density at radius 3 is 2.04 bits per heavy atom. The molecule has 0 saturated carbocycles. The van der Waals surface area contributed by atoms with Crippen LogP contribution in [0.4, 0.5) is 0 Å². The Morgan fingerprint density at radius 2 is 1.17 bits per heavy atom. The summed E-state index contributed by atoms with van der Waals surface area (Å²) in [7, 11) is 0. The standard InChI is InChI=1S/C43H27N3O2/c1-2-11-27(12-3-1)31-22-23-35(39-34-15-7-9-17-37(34)48-40(31)39)43-45-41(29-19-18-26-10-4-5-13-28(26)24-29)44-42(46-43)30-20-21-33-32-14-6-8-16-36(32)47-38(33)25-30/h1-19,22-25H,20-21H2. The van der Waals surface area contributed by atoms with E-state index in [1.54, 1.807) is 0 Å². The van der Waals surface area contributed by atoms with Crippen molar-refractivity contribution in [2.24, 2.45) is 0 Å². The summed E-state index contributed by atoms with van der Waals surface area (Å²) >= 11 is 0. The van der Waals surface area contributed by atoms with Crippen molar-refractivity contribution < 1.29 is 8.83 Å². The van der Waals surface area contributed by atoms with Crippen LogP contribution < -0.4 is 0 Å². The lowest BCUT2D eigenvalue weighted by Crippen LogP contribution is -2.06. The highest BCUT2D eigenvalue weighted by molar-refractivity contribution is 6.15. The minimum atomic E-state index is 0.607. The summed E-state index contributed by atoms with van der Waals surface area (Å²) in [5.74, 6) is 2.77. The molecule has 226 valence electrons. The van der Waals surface area contributed by atoms with Crippen molar-refractivity contribution in [2.45, 2.75) is 12.8 Å². The molecule has 9 aromatic rings. The normalized spacial score (nSPS) is 13.0. The summed E-state index contributed by atoms with van der Waals surface area (Å²) in [5.41, 5.74) is 8.78. The summed E-state index contributed by atoms with van der Waals surface area (Å²) in [4.78, 5) is 15.5. The minimum Gasteiger partial charge on any atom is -0.456 e. The Hall–Kier alpha value is -6.33. The largest absolute Gasteiger partial charge is 0.456 e. The summed E-state index contributed by atoms with van der Waals surface area (Å²) in [6.45, 7) is 0. The first kappa shape index (κ1) is 26.8. The summed E-state index contributed by atoms with van der Waals surface area (Å²) < 4.78 is 12.9. The fourth-order valence-electron chi connectivity index (χ4n) is 7.12. The van der Waals surface area contributed by atoms with Crippen LogP contribution >= 0.6 is 0 Å².